The van der Waals surface area contributed by atoms with Crippen molar-refractivity contribution in [2.45, 2.75) is 32.2 Å². The normalized spacial score (nSPS) is 16.4. The van der Waals surface area contributed by atoms with Crippen molar-refractivity contribution in [2.75, 3.05) is 23.7 Å². The molecule has 4 amide bonds. The number of aromatic nitrogens is 2. The van der Waals surface area contributed by atoms with Crippen molar-refractivity contribution < 1.29 is 14.4 Å². The number of urea groups is 1. The van der Waals surface area contributed by atoms with Crippen molar-refractivity contribution in [1.82, 2.24) is 20.2 Å². The first-order valence-corrected chi connectivity index (χ1v) is 9.29. The number of hydrogen-bond donors (Lipinski definition) is 4. The van der Waals surface area contributed by atoms with Crippen molar-refractivity contribution in [2.24, 2.45) is 0 Å². The summed E-state index contributed by atoms with van der Waals surface area (Å²) in [7, 11) is 0. The average molecular weight is 384 g/mol. The van der Waals surface area contributed by atoms with Crippen molar-refractivity contribution in [3.8, 4) is 0 Å². The number of carbonyl (C=O) groups excluding carboxylic acids is 3. The monoisotopic (exact) mass is 384 g/mol. The average Bonchev–Trinajstić information content (AvgIpc) is 3.17. The van der Waals surface area contributed by atoms with E-state index in [1.54, 1.807) is 36.8 Å². The van der Waals surface area contributed by atoms with E-state index in [0.29, 0.717) is 37.3 Å². The van der Waals surface area contributed by atoms with E-state index >= 15 is 0 Å². The van der Waals surface area contributed by atoms with Gasteiger partial charge in [0.25, 0.3) is 0 Å². The first kappa shape index (κ1) is 19.4. The van der Waals surface area contributed by atoms with Crippen LogP contribution in [0, 0.1) is 0 Å². The summed E-state index contributed by atoms with van der Waals surface area (Å²) in [5, 5.41) is 8.41. The fraction of sp³-hybridized carbons (Fsp3) is 0.368. The summed E-state index contributed by atoms with van der Waals surface area (Å²) in [5.41, 5.74) is 1.94. The van der Waals surface area contributed by atoms with E-state index in [-0.39, 0.29) is 17.8 Å². The summed E-state index contributed by atoms with van der Waals surface area (Å²) >= 11 is 0. The molecule has 0 spiro atoms. The lowest BCUT2D eigenvalue weighted by Crippen LogP contribution is -2.59. The Morgan fingerprint density at radius 3 is 2.79 bits per heavy atom. The molecule has 1 aromatic carbocycles. The molecule has 1 atom stereocenters. The molecule has 1 fully saturated rings. The molecular weight excluding hydrogens is 360 g/mol. The third-order valence-electron chi connectivity index (χ3n) is 4.43. The minimum Gasteiger partial charge on any atom is -0.353 e. The molecule has 0 aliphatic carbocycles. The number of nitrogens with one attached hydrogen (secondary N) is 4. The number of benzene rings is 1. The van der Waals surface area contributed by atoms with Gasteiger partial charge in [-0.3, -0.25) is 9.59 Å². The first-order chi connectivity index (χ1) is 13.6. The Balaban J connectivity index is 1.68. The maximum Gasteiger partial charge on any atom is 0.322 e. The van der Waals surface area contributed by atoms with Gasteiger partial charge >= 0.3 is 6.03 Å². The van der Waals surface area contributed by atoms with E-state index in [4.69, 9.17) is 0 Å². The number of rotatable bonds is 6. The second kappa shape index (κ2) is 9.03. The van der Waals surface area contributed by atoms with E-state index in [2.05, 4.69) is 25.9 Å². The highest BCUT2D eigenvalue weighted by molar-refractivity contribution is 5.96. The number of nitrogens with zero attached hydrogens (tertiary/aromatic N) is 2. The molecule has 9 heteroatoms. The molecule has 0 radical (unpaired) electrons. The summed E-state index contributed by atoms with van der Waals surface area (Å²) < 4.78 is 0. The number of H-pyrrole nitrogens is 1. The molecule has 1 aromatic heterocycles. The van der Waals surface area contributed by atoms with Crippen LogP contribution in [0.3, 0.4) is 0 Å². The zero-order valence-electron chi connectivity index (χ0n) is 15.7. The summed E-state index contributed by atoms with van der Waals surface area (Å²) in [5.74, 6) is -0.269. The van der Waals surface area contributed by atoms with Gasteiger partial charge in [-0.2, -0.15) is 0 Å². The van der Waals surface area contributed by atoms with Crippen LogP contribution in [0.15, 0.2) is 36.8 Å². The SMILES string of the molecule is CCCC(=O)Nc1cccc(NC(=O)N2CCNC(=O)C2Cc2cnc[nH]2)c1. The zero-order chi connectivity index (χ0) is 19.9. The summed E-state index contributed by atoms with van der Waals surface area (Å²) in [6.45, 7) is 2.74. The van der Waals surface area contributed by atoms with Crippen LogP contribution in [-0.2, 0) is 16.0 Å². The fourth-order valence-electron chi connectivity index (χ4n) is 3.09. The van der Waals surface area contributed by atoms with Crippen LogP contribution in [0.4, 0.5) is 16.2 Å². The Hall–Kier alpha value is -3.36. The lowest BCUT2D eigenvalue weighted by Gasteiger charge is -2.34. The molecule has 1 saturated heterocycles. The molecule has 1 aliphatic rings. The highest BCUT2D eigenvalue weighted by Crippen LogP contribution is 2.18. The molecule has 1 aliphatic heterocycles. The fourth-order valence-corrected chi connectivity index (χ4v) is 3.09. The minimum atomic E-state index is -0.623. The molecule has 148 valence electrons. The molecule has 2 aromatic rings. The van der Waals surface area contributed by atoms with Crippen LogP contribution in [0.2, 0.25) is 0 Å². The quantitative estimate of drug-likeness (QED) is 0.606. The van der Waals surface area contributed by atoms with Crippen molar-refractivity contribution in [1.29, 1.82) is 0 Å². The van der Waals surface area contributed by atoms with Gasteiger partial charge in [0.2, 0.25) is 11.8 Å². The van der Waals surface area contributed by atoms with Crippen molar-refractivity contribution in [3.63, 3.8) is 0 Å². The molecular formula is C19H24N6O3. The summed E-state index contributed by atoms with van der Waals surface area (Å²) in [6.07, 6.45) is 4.73. The Kier molecular flexibility index (Phi) is 6.25. The number of aromatic amines is 1. The third-order valence-corrected chi connectivity index (χ3v) is 4.43. The molecule has 1 unspecified atom stereocenters. The number of anilines is 2. The second-order valence-corrected chi connectivity index (χ2v) is 6.59. The number of amides is 4. The predicted molar refractivity (Wildman–Crippen MR) is 105 cm³/mol. The Bertz CT molecular complexity index is 836. The van der Waals surface area contributed by atoms with Crippen LogP contribution in [0.1, 0.15) is 25.5 Å². The first-order valence-electron chi connectivity index (χ1n) is 9.29. The van der Waals surface area contributed by atoms with Crippen LogP contribution in [0.25, 0.3) is 0 Å². The molecule has 0 bridgehead atoms. The molecule has 3 rings (SSSR count). The van der Waals surface area contributed by atoms with Gasteiger partial charge in [-0.05, 0) is 24.6 Å². The highest BCUT2D eigenvalue weighted by Gasteiger charge is 2.33. The summed E-state index contributed by atoms with van der Waals surface area (Å²) in [6, 6.07) is 5.96. The standard InChI is InChI=1S/C19H24N6O3/c1-2-4-17(26)23-13-5-3-6-14(9-13)24-19(28)25-8-7-21-18(27)16(25)10-15-11-20-12-22-15/h3,5-6,9,11-12,16H,2,4,7-8,10H2,1H3,(H,20,22)(H,21,27)(H,23,26)(H,24,28). The molecule has 28 heavy (non-hydrogen) atoms. The topological polar surface area (TPSA) is 119 Å². The number of piperazine rings is 1. The van der Waals surface area contributed by atoms with Gasteiger partial charge in [0.05, 0.1) is 6.33 Å². The van der Waals surface area contributed by atoms with Gasteiger partial charge < -0.3 is 25.8 Å². The zero-order valence-corrected chi connectivity index (χ0v) is 15.7. The number of imidazole rings is 1. The molecule has 4 N–H and O–H groups in total. The van der Waals surface area contributed by atoms with Gasteiger partial charge in [0, 0.05) is 49.2 Å². The summed E-state index contributed by atoms with van der Waals surface area (Å²) in [4.78, 5) is 45.3. The van der Waals surface area contributed by atoms with E-state index < -0.39 is 6.04 Å². The van der Waals surface area contributed by atoms with E-state index in [1.807, 2.05) is 6.92 Å². The van der Waals surface area contributed by atoms with Crippen LogP contribution in [0.5, 0.6) is 0 Å². The lowest BCUT2D eigenvalue weighted by atomic mass is 10.1. The third kappa shape index (κ3) is 4.87. The van der Waals surface area contributed by atoms with E-state index in [0.717, 1.165) is 12.1 Å². The lowest BCUT2D eigenvalue weighted by molar-refractivity contribution is -0.127. The number of carbonyl (C=O) groups is 3. The van der Waals surface area contributed by atoms with E-state index in [9.17, 15) is 14.4 Å². The smallest absolute Gasteiger partial charge is 0.322 e. The molecule has 0 saturated carbocycles. The Labute approximate surface area is 162 Å². The largest absolute Gasteiger partial charge is 0.353 e. The molecule has 2 heterocycles. The van der Waals surface area contributed by atoms with Gasteiger partial charge in [-0.15, -0.1) is 0 Å². The van der Waals surface area contributed by atoms with Gasteiger partial charge in [0.15, 0.2) is 0 Å². The van der Waals surface area contributed by atoms with Gasteiger partial charge in [-0.25, -0.2) is 9.78 Å². The van der Waals surface area contributed by atoms with Gasteiger partial charge in [0.1, 0.15) is 6.04 Å². The van der Waals surface area contributed by atoms with E-state index in [1.165, 1.54) is 4.90 Å². The number of hydrogen-bond acceptors (Lipinski definition) is 4. The minimum absolute atomic E-state index is 0.0710. The van der Waals surface area contributed by atoms with Crippen LogP contribution >= 0.6 is 0 Å². The predicted octanol–water partition coefficient (Wildman–Crippen LogP) is 1.72. The van der Waals surface area contributed by atoms with Crippen molar-refractivity contribution >= 4 is 29.2 Å². The highest BCUT2D eigenvalue weighted by atomic mass is 16.2. The second-order valence-electron chi connectivity index (χ2n) is 6.59. The molecule has 9 nitrogen and oxygen atoms in total. The van der Waals surface area contributed by atoms with Gasteiger partial charge in [-0.1, -0.05) is 13.0 Å². The maximum atomic E-state index is 12.8. The Morgan fingerprint density at radius 2 is 2.07 bits per heavy atom. The Morgan fingerprint density at radius 1 is 1.29 bits per heavy atom. The maximum absolute atomic E-state index is 12.8. The van der Waals surface area contributed by atoms with Crippen LogP contribution in [-0.4, -0.2) is 51.8 Å². The van der Waals surface area contributed by atoms with Crippen molar-refractivity contribution in [3.05, 3.63) is 42.5 Å². The van der Waals surface area contributed by atoms with Crippen LogP contribution < -0.4 is 16.0 Å².